The third kappa shape index (κ3) is 22.8. The van der Waals surface area contributed by atoms with Crippen LogP contribution in [0.5, 0.6) is 0 Å². The van der Waals surface area contributed by atoms with E-state index in [1.165, 1.54) is 38.5 Å². The van der Waals surface area contributed by atoms with Gasteiger partial charge in [-0.3, -0.25) is 4.18 Å². The molecule has 0 spiro atoms. The molecule has 0 rings (SSSR count). The molecule has 0 aliphatic heterocycles. The summed E-state index contributed by atoms with van der Waals surface area (Å²) in [6, 6.07) is 0. The normalized spacial score (nSPS) is 12.1. The molecule has 0 aromatic heterocycles. The van der Waals surface area contributed by atoms with Crippen molar-refractivity contribution in [2.45, 2.75) is 71.1 Å². The molecule has 0 atom stereocenters. The van der Waals surface area contributed by atoms with Crippen LogP contribution in [0.3, 0.4) is 0 Å². The Morgan fingerprint density at radius 1 is 0.692 bits per heavy atom. The van der Waals surface area contributed by atoms with E-state index in [0.29, 0.717) is 6.42 Å². The first-order chi connectivity index (χ1) is 11.8. The third-order valence-electron chi connectivity index (χ3n) is 3.80. The van der Waals surface area contributed by atoms with Crippen LogP contribution >= 0.6 is 0 Å². The van der Waals surface area contributed by atoms with Crippen LogP contribution in [-0.2, 0) is 29.2 Å². The first-order valence-electron chi connectivity index (χ1n) is 9.15. The molecule has 0 bridgehead atoms. The molecule has 0 saturated heterocycles. The summed E-state index contributed by atoms with van der Waals surface area (Å²) in [5.41, 5.74) is 0. The molecule has 0 fully saturated rings. The van der Waals surface area contributed by atoms with Gasteiger partial charge >= 0.3 is 29.6 Å². The van der Waals surface area contributed by atoms with Crippen LogP contribution in [0, 0.1) is 0 Å². The summed E-state index contributed by atoms with van der Waals surface area (Å²) in [4.78, 5) is 0. The average molecular weight is 425 g/mol. The second-order valence-electron chi connectivity index (χ2n) is 6.18. The fraction of sp³-hybridized carbons (Fsp3) is 1.00. The van der Waals surface area contributed by atoms with E-state index in [2.05, 4.69) is 11.1 Å². The first kappa shape index (κ1) is 29.0. The van der Waals surface area contributed by atoms with Crippen LogP contribution in [-0.4, -0.2) is 52.7 Å². The SMILES string of the molecule is CCCCCCCCCCCCS(=O)(=O)CCOCCOS(=O)(=O)[O-].[Na+]. The smallest absolute Gasteiger partial charge is 0.726 e. The molecule has 0 unspecified atom stereocenters. The van der Waals surface area contributed by atoms with Gasteiger partial charge in [0.15, 0.2) is 9.84 Å². The van der Waals surface area contributed by atoms with Gasteiger partial charge in [-0.2, -0.15) is 0 Å². The van der Waals surface area contributed by atoms with Gasteiger partial charge in [0.1, 0.15) is 0 Å². The second kappa shape index (κ2) is 17.8. The van der Waals surface area contributed by atoms with Crippen LogP contribution < -0.4 is 29.6 Å². The topological polar surface area (TPSA) is 110 Å². The van der Waals surface area contributed by atoms with Gasteiger partial charge in [0.05, 0.1) is 31.3 Å². The van der Waals surface area contributed by atoms with Gasteiger partial charge in [0.25, 0.3) is 0 Å². The third-order valence-corrected chi connectivity index (χ3v) is 5.96. The maximum absolute atomic E-state index is 11.8. The van der Waals surface area contributed by atoms with Crippen molar-refractivity contribution in [2.24, 2.45) is 0 Å². The van der Waals surface area contributed by atoms with Gasteiger partial charge < -0.3 is 9.29 Å². The summed E-state index contributed by atoms with van der Waals surface area (Å²) < 4.78 is 63.0. The van der Waals surface area contributed by atoms with E-state index in [1.54, 1.807) is 0 Å². The summed E-state index contributed by atoms with van der Waals surface area (Å²) in [6.07, 6.45) is 11.5. The van der Waals surface area contributed by atoms with E-state index in [1.807, 2.05) is 0 Å². The maximum Gasteiger partial charge on any atom is 1.00 e. The summed E-state index contributed by atoms with van der Waals surface area (Å²) >= 11 is 0. The molecule has 0 amide bonds. The van der Waals surface area contributed by atoms with Crippen molar-refractivity contribution >= 4 is 20.2 Å². The van der Waals surface area contributed by atoms with Crippen molar-refractivity contribution in [1.29, 1.82) is 0 Å². The summed E-state index contributed by atoms with van der Waals surface area (Å²) in [7, 11) is -7.87. The molecular weight excluding hydrogens is 391 g/mol. The predicted molar refractivity (Wildman–Crippen MR) is 97.0 cm³/mol. The molecule has 152 valence electrons. The summed E-state index contributed by atoms with van der Waals surface area (Å²) in [5, 5.41) is 0. The minimum absolute atomic E-state index is 0. The molecule has 0 aromatic rings. The van der Waals surface area contributed by atoms with Gasteiger partial charge in [-0.05, 0) is 6.42 Å². The molecule has 0 heterocycles. The van der Waals surface area contributed by atoms with Crippen LogP contribution in [0.2, 0.25) is 0 Å². The minimum atomic E-state index is -4.72. The van der Waals surface area contributed by atoms with E-state index < -0.39 is 26.8 Å². The van der Waals surface area contributed by atoms with Gasteiger partial charge in [0, 0.05) is 0 Å². The maximum atomic E-state index is 11.8. The summed E-state index contributed by atoms with van der Waals surface area (Å²) in [6.45, 7) is 1.65. The van der Waals surface area contributed by atoms with E-state index in [9.17, 15) is 21.4 Å². The predicted octanol–water partition coefficient (Wildman–Crippen LogP) is -0.180. The van der Waals surface area contributed by atoms with Crippen molar-refractivity contribution in [3.8, 4) is 0 Å². The zero-order valence-corrected chi connectivity index (χ0v) is 19.9. The quantitative estimate of drug-likeness (QED) is 0.130. The van der Waals surface area contributed by atoms with Gasteiger partial charge in [-0.1, -0.05) is 64.7 Å². The van der Waals surface area contributed by atoms with Gasteiger partial charge in [-0.25, -0.2) is 16.8 Å². The number of rotatable bonds is 18. The number of unbranched alkanes of at least 4 members (excludes halogenated alkanes) is 9. The Hall–Kier alpha value is 0.780. The standard InChI is InChI=1S/C16H34O7S2.Na/c1-2-3-4-5-6-7-8-9-10-11-15-24(17,18)16-14-22-12-13-23-25(19,20)21;/h2-16H2,1H3,(H,19,20,21);/q;+1/p-1. The molecular formula is C16H33NaO7S2. The number of sulfone groups is 1. The minimum Gasteiger partial charge on any atom is -0.726 e. The molecule has 10 heteroatoms. The Bertz CT molecular complexity index is 507. The van der Waals surface area contributed by atoms with E-state index >= 15 is 0 Å². The van der Waals surface area contributed by atoms with Crippen LogP contribution in [0.25, 0.3) is 0 Å². The molecule has 7 nitrogen and oxygen atoms in total. The zero-order valence-electron chi connectivity index (χ0n) is 16.3. The molecule has 0 aromatic carbocycles. The van der Waals surface area contributed by atoms with Crippen molar-refractivity contribution in [1.82, 2.24) is 0 Å². The van der Waals surface area contributed by atoms with Crippen molar-refractivity contribution in [2.75, 3.05) is 31.3 Å². The van der Waals surface area contributed by atoms with Crippen LogP contribution in [0.15, 0.2) is 0 Å². The molecule has 0 aliphatic rings. The number of ether oxygens (including phenoxy) is 1. The fourth-order valence-corrected chi connectivity index (χ4v) is 3.89. The van der Waals surface area contributed by atoms with Crippen molar-refractivity contribution in [3.63, 3.8) is 0 Å². The number of hydrogen-bond acceptors (Lipinski definition) is 7. The fourth-order valence-electron chi connectivity index (χ4n) is 2.39. The zero-order chi connectivity index (χ0) is 19.0. The molecule has 0 radical (unpaired) electrons. The van der Waals surface area contributed by atoms with E-state index in [4.69, 9.17) is 4.74 Å². The van der Waals surface area contributed by atoms with Crippen LogP contribution in [0.1, 0.15) is 71.1 Å². The Labute approximate surface area is 181 Å². The van der Waals surface area contributed by atoms with E-state index in [-0.39, 0.29) is 54.3 Å². The number of hydrogen-bond donors (Lipinski definition) is 0. The monoisotopic (exact) mass is 424 g/mol. The Morgan fingerprint density at radius 3 is 1.69 bits per heavy atom. The Morgan fingerprint density at radius 2 is 1.19 bits per heavy atom. The largest absolute Gasteiger partial charge is 1.00 e. The molecule has 0 N–H and O–H groups in total. The Balaban J connectivity index is 0. The Kier molecular flexibility index (Phi) is 19.9. The van der Waals surface area contributed by atoms with Crippen molar-refractivity contribution in [3.05, 3.63) is 0 Å². The van der Waals surface area contributed by atoms with Gasteiger partial charge in [0.2, 0.25) is 10.4 Å². The summed E-state index contributed by atoms with van der Waals surface area (Å²) in [5.74, 6) is 0.0485. The molecule has 26 heavy (non-hydrogen) atoms. The second-order valence-corrected chi connectivity index (χ2v) is 9.53. The first-order valence-corrected chi connectivity index (χ1v) is 12.3. The van der Waals surface area contributed by atoms with Crippen LogP contribution in [0.4, 0.5) is 0 Å². The van der Waals surface area contributed by atoms with Gasteiger partial charge in [-0.15, -0.1) is 0 Å². The van der Waals surface area contributed by atoms with Crippen molar-refractivity contribution < 1.29 is 59.9 Å². The average Bonchev–Trinajstić information content (AvgIpc) is 2.51. The van der Waals surface area contributed by atoms with E-state index in [0.717, 1.165) is 19.3 Å². The molecule has 0 saturated carbocycles. The molecule has 0 aliphatic carbocycles.